The molecule has 1 fully saturated rings. The van der Waals surface area contributed by atoms with Crippen molar-refractivity contribution in [2.45, 2.75) is 44.9 Å². The molecule has 0 spiro atoms. The first-order valence-corrected chi connectivity index (χ1v) is 8.10. The van der Waals surface area contributed by atoms with E-state index < -0.39 is 20.6 Å². The maximum atomic E-state index is 12.2. The van der Waals surface area contributed by atoms with Gasteiger partial charge in [-0.3, -0.25) is 9.59 Å². The monoisotopic (exact) mass is 290 g/mol. The van der Waals surface area contributed by atoms with E-state index in [0.29, 0.717) is 0 Å². The predicted molar refractivity (Wildman–Crippen MR) is 72.3 cm³/mol. The van der Waals surface area contributed by atoms with Crippen molar-refractivity contribution in [3.8, 4) is 0 Å². The van der Waals surface area contributed by atoms with Gasteiger partial charge in [-0.25, -0.2) is 8.42 Å². The van der Waals surface area contributed by atoms with E-state index in [1.807, 2.05) is 0 Å². The highest BCUT2D eigenvalue weighted by Crippen LogP contribution is 2.14. The van der Waals surface area contributed by atoms with Crippen molar-refractivity contribution < 1.29 is 18.0 Å². The second-order valence-electron chi connectivity index (χ2n) is 5.63. The van der Waals surface area contributed by atoms with E-state index in [4.69, 9.17) is 0 Å². The minimum absolute atomic E-state index is 0.0688. The van der Waals surface area contributed by atoms with E-state index in [2.05, 4.69) is 5.32 Å². The van der Waals surface area contributed by atoms with Gasteiger partial charge in [-0.1, -0.05) is 0 Å². The van der Waals surface area contributed by atoms with Crippen LogP contribution in [0.4, 0.5) is 0 Å². The lowest BCUT2D eigenvalue weighted by atomic mass is 10.0. The van der Waals surface area contributed by atoms with Gasteiger partial charge in [0, 0.05) is 19.5 Å². The number of carbonyl (C=O) groups excluding carboxylic acids is 2. The molecule has 6 nitrogen and oxygen atoms in total. The highest BCUT2D eigenvalue weighted by molar-refractivity contribution is 7.92. The largest absolute Gasteiger partial charge is 0.342 e. The number of nitrogens with zero attached hydrogens (tertiary/aromatic N) is 1. The number of sulfone groups is 1. The number of rotatable bonds is 4. The first-order valence-electron chi connectivity index (χ1n) is 6.38. The molecule has 0 unspecified atom stereocenters. The van der Waals surface area contributed by atoms with Crippen LogP contribution in [0.1, 0.15) is 34.1 Å². The smallest absolute Gasteiger partial charge is 0.247 e. The zero-order valence-electron chi connectivity index (χ0n) is 11.9. The summed E-state index contributed by atoms with van der Waals surface area (Å²) in [7, 11) is -3.18. The first kappa shape index (κ1) is 15.9. The van der Waals surface area contributed by atoms with E-state index >= 15 is 0 Å². The molecule has 110 valence electrons. The molecule has 0 saturated carbocycles. The highest BCUT2D eigenvalue weighted by atomic mass is 32.2. The minimum atomic E-state index is -3.18. The third kappa shape index (κ3) is 3.92. The number of amides is 2. The molecule has 1 aliphatic rings. The molecule has 2 amide bonds. The van der Waals surface area contributed by atoms with Crippen LogP contribution >= 0.6 is 0 Å². The van der Waals surface area contributed by atoms with Crippen LogP contribution in [0, 0.1) is 0 Å². The molecule has 1 N–H and O–H groups in total. The van der Waals surface area contributed by atoms with E-state index in [1.54, 1.807) is 27.7 Å². The molecular weight excluding hydrogens is 268 g/mol. The minimum Gasteiger partial charge on any atom is -0.342 e. The van der Waals surface area contributed by atoms with Crippen molar-refractivity contribution >= 4 is 21.7 Å². The second-order valence-corrected chi connectivity index (χ2v) is 8.31. The average molecular weight is 290 g/mol. The van der Waals surface area contributed by atoms with Crippen LogP contribution in [0.5, 0.6) is 0 Å². The summed E-state index contributed by atoms with van der Waals surface area (Å²) in [6.07, 6.45) is 0.205. The van der Waals surface area contributed by atoms with Crippen LogP contribution < -0.4 is 5.32 Å². The van der Waals surface area contributed by atoms with Gasteiger partial charge in [0.15, 0.2) is 9.84 Å². The Morgan fingerprint density at radius 3 is 2.42 bits per heavy atom. The fraction of sp³-hybridized carbons (Fsp3) is 0.833. The quantitative estimate of drug-likeness (QED) is 0.786. The molecule has 1 rings (SSSR count). The Labute approximate surface area is 114 Å². The Balaban J connectivity index is 2.78. The van der Waals surface area contributed by atoms with Crippen LogP contribution in [0.25, 0.3) is 0 Å². The van der Waals surface area contributed by atoms with Crippen LogP contribution in [-0.2, 0) is 19.4 Å². The third-order valence-corrected chi connectivity index (χ3v) is 5.43. The Kier molecular flexibility index (Phi) is 4.60. The Hall–Kier alpha value is -1.11. The molecule has 0 aromatic rings. The molecule has 0 radical (unpaired) electrons. The Morgan fingerprint density at radius 1 is 1.32 bits per heavy atom. The zero-order chi connectivity index (χ0) is 14.8. The normalized spacial score (nSPS) is 20.4. The van der Waals surface area contributed by atoms with Crippen LogP contribution in [0.15, 0.2) is 0 Å². The van der Waals surface area contributed by atoms with Crippen molar-refractivity contribution in [2.75, 3.05) is 18.8 Å². The van der Waals surface area contributed by atoms with Crippen molar-refractivity contribution in [3.63, 3.8) is 0 Å². The fourth-order valence-electron chi connectivity index (χ4n) is 1.88. The molecular formula is C12H22N2O4S. The van der Waals surface area contributed by atoms with Gasteiger partial charge in [-0.2, -0.15) is 0 Å². The van der Waals surface area contributed by atoms with Crippen LogP contribution in [0.2, 0.25) is 0 Å². The summed E-state index contributed by atoms with van der Waals surface area (Å²) in [5.41, 5.74) is -0.977. The van der Waals surface area contributed by atoms with Gasteiger partial charge in [0.05, 0.1) is 11.0 Å². The van der Waals surface area contributed by atoms with Gasteiger partial charge in [0.1, 0.15) is 5.54 Å². The fourth-order valence-corrected chi connectivity index (χ4v) is 2.83. The lowest BCUT2D eigenvalue weighted by Gasteiger charge is -2.28. The van der Waals surface area contributed by atoms with Gasteiger partial charge < -0.3 is 10.2 Å². The van der Waals surface area contributed by atoms with E-state index in [-0.39, 0.29) is 37.1 Å². The molecule has 1 heterocycles. The molecule has 7 heteroatoms. The maximum absolute atomic E-state index is 12.2. The third-order valence-electron chi connectivity index (χ3n) is 3.25. The maximum Gasteiger partial charge on any atom is 0.247 e. The lowest BCUT2D eigenvalue weighted by molar-refractivity contribution is -0.137. The summed E-state index contributed by atoms with van der Waals surface area (Å²) in [6.45, 7) is 6.90. The molecule has 0 bridgehead atoms. The van der Waals surface area contributed by atoms with Gasteiger partial charge in [0.2, 0.25) is 11.8 Å². The predicted octanol–water partition coefficient (Wildman–Crippen LogP) is -0.0633. The van der Waals surface area contributed by atoms with Crippen molar-refractivity contribution in [3.05, 3.63) is 0 Å². The summed E-state index contributed by atoms with van der Waals surface area (Å²) >= 11 is 0. The first-order chi connectivity index (χ1) is 8.56. The van der Waals surface area contributed by atoms with Crippen molar-refractivity contribution in [1.29, 1.82) is 0 Å². The van der Waals surface area contributed by atoms with Crippen LogP contribution in [0.3, 0.4) is 0 Å². The SMILES string of the molecule is CC(C)S(=O)(=O)CCN1CCC(=O)NC(C)(C)C1=O. The summed E-state index contributed by atoms with van der Waals surface area (Å²) < 4.78 is 23.5. The van der Waals surface area contributed by atoms with Gasteiger partial charge >= 0.3 is 0 Å². The zero-order valence-corrected chi connectivity index (χ0v) is 12.7. The number of hydrogen-bond donors (Lipinski definition) is 1. The van der Waals surface area contributed by atoms with Crippen LogP contribution in [-0.4, -0.2) is 54.8 Å². The standard InChI is InChI=1S/C12H22N2O4S/c1-9(2)19(17,18)8-7-14-6-5-10(15)13-12(3,4)11(14)16/h9H,5-8H2,1-4H3,(H,13,15). The number of carbonyl (C=O) groups is 2. The highest BCUT2D eigenvalue weighted by Gasteiger charge is 2.36. The molecule has 0 aromatic carbocycles. The molecule has 0 aliphatic carbocycles. The number of hydrogen-bond acceptors (Lipinski definition) is 4. The topological polar surface area (TPSA) is 83.6 Å². The Morgan fingerprint density at radius 2 is 1.89 bits per heavy atom. The molecule has 19 heavy (non-hydrogen) atoms. The summed E-state index contributed by atoms with van der Waals surface area (Å²) in [6, 6.07) is 0. The number of nitrogens with one attached hydrogen (secondary N) is 1. The summed E-state index contributed by atoms with van der Waals surface area (Å²) in [5, 5.41) is 2.18. The summed E-state index contributed by atoms with van der Waals surface area (Å²) in [4.78, 5) is 25.2. The molecule has 1 aliphatic heterocycles. The average Bonchev–Trinajstić information content (AvgIpc) is 2.35. The van der Waals surface area contributed by atoms with E-state index in [0.717, 1.165) is 0 Å². The summed E-state index contributed by atoms with van der Waals surface area (Å²) in [5.74, 6) is -0.495. The van der Waals surface area contributed by atoms with E-state index in [1.165, 1.54) is 4.90 Å². The molecule has 0 aromatic heterocycles. The molecule has 0 atom stereocenters. The molecule has 1 saturated heterocycles. The van der Waals surface area contributed by atoms with E-state index in [9.17, 15) is 18.0 Å². The van der Waals surface area contributed by atoms with Gasteiger partial charge in [-0.15, -0.1) is 0 Å². The van der Waals surface area contributed by atoms with Crippen molar-refractivity contribution in [2.24, 2.45) is 0 Å². The Bertz CT molecular complexity index is 468. The van der Waals surface area contributed by atoms with Crippen molar-refractivity contribution in [1.82, 2.24) is 10.2 Å². The van der Waals surface area contributed by atoms with Gasteiger partial charge in [0.25, 0.3) is 0 Å². The van der Waals surface area contributed by atoms with Gasteiger partial charge in [-0.05, 0) is 27.7 Å². The second kappa shape index (κ2) is 5.48. The lowest BCUT2D eigenvalue weighted by Crippen LogP contribution is -2.53.